The minimum absolute atomic E-state index is 0.119. The highest BCUT2D eigenvalue weighted by Gasteiger charge is 2.17. The van der Waals surface area contributed by atoms with Gasteiger partial charge in [-0.3, -0.25) is 0 Å². The molecule has 0 N–H and O–H groups in total. The highest BCUT2D eigenvalue weighted by Crippen LogP contribution is 2.17. The predicted molar refractivity (Wildman–Crippen MR) is 56.5 cm³/mol. The predicted octanol–water partition coefficient (Wildman–Crippen LogP) is 2.60. The molecule has 0 aromatic carbocycles. The highest BCUT2D eigenvalue weighted by molar-refractivity contribution is 5.67. The Kier molecular flexibility index (Phi) is 5.43. The van der Waals surface area contributed by atoms with Crippen molar-refractivity contribution in [3.8, 4) is 0 Å². The Balaban J connectivity index is 2.30. The van der Waals surface area contributed by atoms with Crippen LogP contribution in [0, 0.1) is 5.92 Å². The van der Waals surface area contributed by atoms with Gasteiger partial charge < -0.3 is 9.64 Å². The van der Waals surface area contributed by atoms with Crippen LogP contribution in [-0.2, 0) is 4.74 Å². The van der Waals surface area contributed by atoms with Crippen molar-refractivity contribution in [2.75, 3.05) is 26.4 Å². The molecule has 4 heteroatoms. The quantitative estimate of drug-likeness (QED) is 0.711. The summed E-state index contributed by atoms with van der Waals surface area (Å²) in [6.07, 6.45) is 4.00. The van der Waals surface area contributed by atoms with Crippen LogP contribution in [0.5, 0.6) is 0 Å². The first-order valence-electron chi connectivity index (χ1n) is 5.71. The molecule has 1 fully saturated rings. The molecular formula is C11H20FNO2. The molecule has 15 heavy (non-hydrogen) atoms. The lowest BCUT2D eigenvalue weighted by Crippen LogP contribution is -2.35. The Labute approximate surface area is 90.6 Å². The molecule has 0 aromatic rings. The molecule has 0 aromatic heterocycles. The van der Waals surface area contributed by atoms with E-state index in [1.807, 2.05) is 0 Å². The molecule has 0 spiro atoms. The van der Waals surface area contributed by atoms with Crippen LogP contribution in [0.1, 0.15) is 32.6 Å². The number of halogens is 1. The van der Waals surface area contributed by atoms with Crippen LogP contribution in [0.2, 0.25) is 0 Å². The van der Waals surface area contributed by atoms with Gasteiger partial charge in [0.2, 0.25) is 0 Å². The van der Waals surface area contributed by atoms with Crippen molar-refractivity contribution in [3.05, 3.63) is 0 Å². The Morgan fingerprint density at radius 3 is 2.53 bits per heavy atom. The molecule has 1 aliphatic rings. The van der Waals surface area contributed by atoms with Crippen LogP contribution in [0.25, 0.3) is 0 Å². The molecule has 3 nitrogen and oxygen atoms in total. The number of rotatable bonds is 2. The number of nitrogens with zero attached hydrogens (tertiary/aromatic N) is 1. The summed E-state index contributed by atoms with van der Waals surface area (Å²) in [7, 11) is 0. The van der Waals surface area contributed by atoms with Crippen molar-refractivity contribution >= 4 is 6.09 Å². The van der Waals surface area contributed by atoms with Gasteiger partial charge >= 0.3 is 6.09 Å². The SMILES string of the molecule is CC1CCCN(C(=O)OCCF)CCC1. The van der Waals surface area contributed by atoms with E-state index in [2.05, 4.69) is 6.92 Å². The van der Waals surface area contributed by atoms with Crippen LogP contribution >= 0.6 is 0 Å². The van der Waals surface area contributed by atoms with Crippen molar-refractivity contribution in [2.45, 2.75) is 32.6 Å². The Hall–Kier alpha value is -0.800. The van der Waals surface area contributed by atoms with Gasteiger partial charge in [0.1, 0.15) is 13.3 Å². The Bertz CT molecular complexity index is 189. The molecule has 1 amide bonds. The second kappa shape index (κ2) is 6.64. The molecule has 0 atom stereocenters. The van der Waals surface area contributed by atoms with Gasteiger partial charge in [0.25, 0.3) is 0 Å². The van der Waals surface area contributed by atoms with Crippen LogP contribution < -0.4 is 0 Å². The Morgan fingerprint density at radius 1 is 1.40 bits per heavy atom. The smallest absolute Gasteiger partial charge is 0.409 e. The van der Waals surface area contributed by atoms with Crippen molar-refractivity contribution in [3.63, 3.8) is 0 Å². The maximum absolute atomic E-state index is 11.8. The van der Waals surface area contributed by atoms with Gasteiger partial charge in [-0.15, -0.1) is 0 Å². The molecule has 0 radical (unpaired) electrons. The van der Waals surface area contributed by atoms with Crippen LogP contribution in [-0.4, -0.2) is 37.4 Å². The molecule has 88 valence electrons. The first-order chi connectivity index (χ1) is 7.24. The summed E-state index contributed by atoms with van der Waals surface area (Å²) in [5.41, 5.74) is 0. The summed E-state index contributed by atoms with van der Waals surface area (Å²) in [4.78, 5) is 13.1. The second-order valence-corrected chi connectivity index (χ2v) is 4.18. The standard InChI is InChI=1S/C11H20FNO2/c1-10-4-2-7-13(8-3-5-10)11(14)15-9-6-12/h10H,2-9H2,1H3. The normalized spacial score (nSPS) is 19.5. The lowest BCUT2D eigenvalue weighted by molar-refractivity contribution is 0.0918. The van der Waals surface area contributed by atoms with Crippen molar-refractivity contribution in [1.82, 2.24) is 4.90 Å². The summed E-state index contributed by atoms with van der Waals surface area (Å²) < 4.78 is 16.6. The molecule has 0 saturated carbocycles. The molecule has 1 rings (SSSR count). The second-order valence-electron chi connectivity index (χ2n) is 4.18. The third kappa shape index (κ3) is 4.49. The first-order valence-corrected chi connectivity index (χ1v) is 5.71. The van der Waals surface area contributed by atoms with Gasteiger partial charge in [-0.2, -0.15) is 0 Å². The minimum atomic E-state index is -0.601. The van der Waals surface area contributed by atoms with E-state index in [1.165, 1.54) is 0 Å². The third-order valence-electron chi connectivity index (χ3n) is 2.81. The van der Waals surface area contributed by atoms with Crippen molar-refractivity contribution in [2.24, 2.45) is 5.92 Å². The van der Waals surface area contributed by atoms with E-state index in [0.29, 0.717) is 0 Å². The third-order valence-corrected chi connectivity index (χ3v) is 2.81. The number of ether oxygens (including phenoxy) is 1. The lowest BCUT2D eigenvalue weighted by atomic mass is 9.98. The monoisotopic (exact) mass is 217 g/mol. The number of amides is 1. The number of carbonyl (C=O) groups is 1. The van der Waals surface area contributed by atoms with Gasteiger partial charge in [-0.1, -0.05) is 6.92 Å². The zero-order valence-electron chi connectivity index (χ0n) is 9.38. The number of alkyl halides is 1. The van der Waals surface area contributed by atoms with Gasteiger partial charge in [-0.05, 0) is 31.6 Å². The number of likely N-dealkylation sites (tertiary alicyclic amines) is 1. The van der Waals surface area contributed by atoms with Gasteiger partial charge in [0.15, 0.2) is 0 Å². The fourth-order valence-electron chi connectivity index (χ4n) is 1.92. The average molecular weight is 217 g/mol. The maximum Gasteiger partial charge on any atom is 0.409 e. The van der Waals surface area contributed by atoms with Crippen molar-refractivity contribution < 1.29 is 13.9 Å². The molecule has 0 unspecified atom stereocenters. The average Bonchev–Trinajstić information content (AvgIpc) is 2.19. The zero-order chi connectivity index (χ0) is 11.1. The molecule has 0 aliphatic carbocycles. The maximum atomic E-state index is 11.8. The molecule has 1 aliphatic heterocycles. The van der Waals surface area contributed by atoms with Crippen LogP contribution in [0.4, 0.5) is 9.18 Å². The van der Waals surface area contributed by atoms with E-state index in [-0.39, 0.29) is 12.7 Å². The van der Waals surface area contributed by atoms with Crippen LogP contribution in [0.3, 0.4) is 0 Å². The van der Waals surface area contributed by atoms with E-state index < -0.39 is 6.67 Å². The van der Waals surface area contributed by atoms with E-state index in [4.69, 9.17) is 4.74 Å². The van der Waals surface area contributed by atoms with Gasteiger partial charge in [0.05, 0.1) is 0 Å². The van der Waals surface area contributed by atoms with Gasteiger partial charge in [0, 0.05) is 13.1 Å². The summed E-state index contributed by atoms with van der Waals surface area (Å²) in [6, 6.07) is 0. The Morgan fingerprint density at radius 2 is 2.00 bits per heavy atom. The first kappa shape index (κ1) is 12.3. The zero-order valence-corrected chi connectivity index (χ0v) is 9.38. The van der Waals surface area contributed by atoms with E-state index in [1.54, 1.807) is 4.90 Å². The van der Waals surface area contributed by atoms with Crippen molar-refractivity contribution in [1.29, 1.82) is 0 Å². The lowest BCUT2D eigenvalue weighted by Gasteiger charge is -2.25. The molecule has 1 heterocycles. The summed E-state index contributed by atoms with van der Waals surface area (Å²) in [5, 5.41) is 0. The molecular weight excluding hydrogens is 197 g/mol. The number of carbonyl (C=O) groups excluding carboxylic acids is 1. The fourth-order valence-corrected chi connectivity index (χ4v) is 1.92. The summed E-state index contributed by atoms with van der Waals surface area (Å²) in [6.45, 7) is 3.02. The van der Waals surface area contributed by atoms with Crippen LogP contribution in [0.15, 0.2) is 0 Å². The largest absolute Gasteiger partial charge is 0.447 e. The number of hydrogen-bond acceptors (Lipinski definition) is 2. The highest BCUT2D eigenvalue weighted by atomic mass is 19.1. The summed E-state index contributed by atoms with van der Waals surface area (Å²) >= 11 is 0. The number of hydrogen-bond donors (Lipinski definition) is 0. The summed E-state index contributed by atoms with van der Waals surface area (Å²) in [5.74, 6) is 0.758. The van der Waals surface area contributed by atoms with E-state index in [9.17, 15) is 9.18 Å². The minimum Gasteiger partial charge on any atom is -0.447 e. The molecule has 1 saturated heterocycles. The van der Waals surface area contributed by atoms with E-state index in [0.717, 1.165) is 44.7 Å². The topological polar surface area (TPSA) is 29.5 Å². The molecule has 0 bridgehead atoms. The van der Waals surface area contributed by atoms with E-state index >= 15 is 0 Å². The van der Waals surface area contributed by atoms with Gasteiger partial charge in [-0.25, -0.2) is 9.18 Å². The fraction of sp³-hybridized carbons (Fsp3) is 0.909.